The van der Waals surface area contributed by atoms with Crippen LogP contribution in [0.15, 0.2) is 12.1 Å². The van der Waals surface area contributed by atoms with Gasteiger partial charge in [0.15, 0.2) is 0 Å². The first kappa shape index (κ1) is 14.1. The second kappa shape index (κ2) is 6.70. The van der Waals surface area contributed by atoms with E-state index >= 15 is 0 Å². The van der Waals surface area contributed by atoms with Gasteiger partial charge in [0.2, 0.25) is 0 Å². The second-order valence-electron chi connectivity index (χ2n) is 3.49. The smallest absolute Gasteiger partial charge is 0.324 e. The molecule has 0 aliphatic rings. The Kier molecular flexibility index (Phi) is 5.57. The fourth-order valence-electron chi connectivity index (χ4n) is 1.25. The van der Waals surface area contributed by atoms with Crippen LogP contribution in [0.2, 0.25) is 0 Å². The molecule has 7 heteroatoms. The van der Waals surface area contributed by atoms with Gasteiger partial charge in [-0.15, -0.1) is 0 Å². The summed E-state index contributed by atoms with van der Waals surface area (Å²) >= 11 is 4.34. The summed E-state index contributed by atoms with van der Waals surface area (Å²) < 4.78 is 0. The lowest BCUT2D eigenvalue weighted by molar-refractivity contribution is -0.380. The minimum atomic E-state index is -0.494. The summed E-state index contributed by atoms with van der Waals surface area (Å²) in [5, 5.41) is 13.2. The summed E-state index contributed by atoms with van der Waals surface area (Å²) in [6, 6.07) is 2.82. The molecule has 0 fully saturated rings. The SMILES string of the molecule is CCCC(Br)CNC(=O)c1ccc([N+](=O)[O-])s1. The summed E-state index contributed by atoms with van der Waals surface area (Å²) in [6.45, 7) is 2.59. The van der Waals surface area contributed by atoms with Gasteiger partial charge in [-0.05, 0) is 12.5 Å². The van der Waals surface area contributed by atoms with Gasteiger partial charge in [-0.1, -0.05) is 40.6 Å². The molecule has 0 spiro atoms. The van der Waals surface area contributed by atoms with E-state index in [9.17, 15) is 14.9 Å². The molecule has 0 saturated carbocycles. The fraction of sp³-hybridized carbons (Fsp3) is 0.500. The molecule has 0 saturated heterocycles. The second-order valence-corrected chi connectivity index (χ2v) is 5.85. The van der Waals surface area contributed by atoms with Gasteiger partial charge in [-0.3, -0.25) is 14.9 Å². The minimum Gasteiger partial charge on any atom is -0.350 e. The molecule has 1 unspecified atom stereocenters. The molecule has 1 amide bonds. The molecule has 1 aromatic heterocycles. The number of alkyl halides is 1. The zero-order chi connectivity index (χ0) is 12.8. The molecule has 1 atom stereocenters. The summed E-state index contributed by atoms with van der Waals surface area (Å²) in [6.07, 6.45) is 2.02. The first-order chi connectivity index (χ1) is 8.04. The quantitative estimate of drug-likeness (QED) is 0.497. The molecule has 94 valence electrons. The number of halogens is 1. The van der Waals surface area contributed by atoms with Crippen molar-refractivity contribution in [3.8, 4) is 0 Å². The molecular weight excluding hydrogens is 308 g/mol. The van der Waals surface area contributed by atoms with Crippen LogP contribution in [-0.4, -0.2) is 22.2 Å². The number of nitrogens with zero attached hydrogens (tertiary/aromatic N) is 1. The molecule has 1 aromatic rings. The molecule has 0 radical (unpaired) electrons. The molecule has 5 nitrogen and oxygen atoms in total. The van der Waals surface area contributed by atoms with Crippen molar-refractivity contribution < 1.29 is 9.72 Å². The van der Waals surface area contributed by atoms with E-state index in [1.165, 1.54) is 12.1 Å². The maximum atomic E-state index is 11.6. The maximum Gasteiger partial charge on any atom is 0.324 e. The third-order valence-corrected chi connectivity index (χ3v) is 3.90. The van der Waals surface area contributed by atoms with Crippen LogP contribution in [0, 0.1) is 10.1 Å². The molecular formula is C10H13BrN2O3S. The number of amides is 1. The highest BCUT2D eigenvalue weighted by Crippen LogP contribution is 2.23. The van der Waals surface area contributed by atoms with E-state index in [1.807, 2.05) is 0 Å². The summed E-state index contributed by atoms with van der Waals surface area (Å²) in [5.74, 6) is -0.261. The third kappa shape index (κ3) is 4.43. The Balaban J connectivity index is 2.49. The normalized spacial score (nSPS) is 12.1. The van der Waals surface area contributed by atoms with Gasteiger partial charge in [0.1, 0.15) is 0 Å². The largest absolute Gasteiger partial charge is 0.350 e. The Hall–Kier alpha value is -0.950. The monoisotopic (exact) mass is 320 g/mol. The van der Waals surface area contributed by atoms with Crippen molar-refractivity contribution >= 4 is 38.2 Å². The van der Waals surface area contributed by atoms with Gasteiger partial charge < -0.3 is 5.32 Å². The van der Waals surface area contributed by atoms with Gasteiger partial charge in [0.05, 0.1) is 9.80 Å². The average Bonchev–Trinajstić information content (AvgIpc) is 2.75. The Morgan fingerprint density at radius 3 is 2.88 bits per heavy atom. The van der Waals surface area contributed by atoms with Crippen molar-refractivity contribution in [3.05, 3.63) is 27.1 Å². The standard InChI is InChI=1S/C10H13BrN2O3S/c1-2-3-7(11)6-12-10(14)8-4-5-9(17-8)13(15)16/h4-5,7H,2-3,6H2,1H3,(H,12,14). The number of hydrogen-bond donors (Lipinski definition) is 1. The highest BCUT2D eigenvalue weighted by atomic mass is 79.9. The van der Waals surface area contributed by atoms with E-state index in [4.69, 9.17) is 0 Å². The molecule has 1 rings (SSSR count). The number of thiophene rings is 1. The van der Waals surface area contributed by atoms with E-state index in [0.29, 0.717) is 11.4 Å². The number of carbonyl (C=O) groups is 1. The predicted octanol–water partition coefficient (Wildman–Crippen LogP) is 2.95. The van der Waals surface area contributed by atoms with Crippen LogP contribution in [-0.2, 0) is 0 Å². The minimum absolute atomic E-state index is 0.0147. The number of hydrogen-bond acceptors (Lipinski definition) is 4. The van der Waals surface area contributed by atoms with Crippen molar-refractivity contribution in [1.82, 2.24) is 5.32 Å². The Morgan fingerprint density at radius 2 is 2.35 bits per heavy atom. The van der Waals surface area contributed by atoms with Crippen LogP contribution >= 0.6 is 27.3 Å². The molecule has 17 heavy (non-hydrogen) atoms. The van der Waals surface area contributed by atoms with Crippen LogP contribution < -0.4 is 5.32 Å². The molecule has 0 bridgehead atoms. The fourth-order valence-corrected chi connectivity index (χ4v) is 2.61. The van der Waals surface area contributed by atoms with Crippen LogP contribution in [0.5, 0.6) is 0 Å². The lowest BCUT2D eigenvalue weighted by atomic mass is 10.2. The summed E-state index contributed by atoms with van der Waals surface area (Å²) in [5.41, 5.74) is 0. The zero-order valence-corrected chi connectivity index (χ0v) is 11.7. The molecule has 0 aromatic carbocycles. The average molecular weight is 321 g/mol. The molecule has 1 N–H and O–H groups in total. The van der Waals surface area contributed by atoms with Crippen LogP contribution in [0.1, 0.15) is 29.4 Å². The van der Waals surface area contributed by atoms with Gasteiger partial charge in [0, 0.05) is 17.4 Å². The highest BCUT2D eigenvalue weighted by molar-refractivity contribution is 9.09. The van der Waals surface area contributed by atoms with Crippen LogP contribution in [0.3, 0.4) is 0 Å². The van der Waals surface area contributed by atoms with Gasteiger partial charge >= 0.3 is 5.00 Å². The lowest BCUT2D eigenvalue weighted by Crippen LogP contribution is -2.28. The first-order valence-corrected chi connectivity index (χ1v) is 6.94. The van der Waals surface area contributed by atoms with E-state index in [2.05, 4.69) is 28.2 Å². The number of carbonyl (C=O) groups excluding carboxylic acids is 1. The van der Waals surface area contributed by atoms with E-state index in [0.717, 1.165) is 24.2 Å². The van der Waals surface area contributed by atoms with Crippen molar-refractivity contribution in [2.24, 2.45) is 0 Å². The van der Waals surface area contributed by atoms with Crippen molar-refractivity contribution in [1.29, 1.82) is 0 Å². The number of nitro groups is 1. The summed E-state index contributed by atoms with van der Waals surface area (Å²) in [7, 11) is 0. The molecule has 0 aliphatic carbocycles. The first-order valence-electron chi connectivity index (χ1n) is 5.21. The summed E-state index contributed by atoms with van der Waals surface area (Å²) in [4.78, 5) is 22.2. The third-order valence-electron chi connectivity index (χ3n) is 2.08. The topological polar surface area (TPSA) is 72.2 Å². The Bertz CT molecular complexity index is 408. The van der Waals surface area contributed by atoms with E-state index in [-0.39, 0.29) is 15.7 Å². The number of nitrogens with one attached hydrogen (secondary N) is 1. The van der Waals surface area contributed by atoms with Crippen LogP contribution in [0.25, 0.3) is 0 Å². The van der Waals surface area contributed by atoms with Crippen molar-refractivity contribution in [2.45, 2.75) is 24.6 Å². The maximum absolute atomic E-state index is 11.6. The zero-order valence-electron chi connectivity index (χ0n) is 9.31. The Labute approximate surface area is 111 Å². The van der Waals surface area contributed by atoms with E-state index < -0.39 is 4.92 Å². The lowest BCUT2D eigenvalue weighted by Gasteiger charge is -2.08. The van der Waals surface area contributed by atoms with Crippen LogP contribution in [0.4, 0.5) is 5.00 Å². The predicted molar refractivity (Wildman–Crippen MR) is 70.9 cm³/mol. The van der Waals surface area contributed by atoms with Gasteiger partial charge in [-0.25, -0.2) is 0 Å². The Morgan fingerprint density at radius 1 is 1.65 bits per heavy atom. The van der Waals surface area contributed by atoms with Crippen molar-refractivity contribution in [2.75, 3.05) is 6.54 Å². The highest BCUT2D eigenvalue weighted by Gasteiger charge is 2.15. The van der Waals surface area contributed by atoms with Crippen molar-refractivity contribution in [3.63, 3.8) is 0 Å². The molecule has 0 aliphatic heterocycles. The van der Waals surface area contributed by atoms with E-state index in [1.54, 1.807) is 0 Å². The van der Waals surface area contributed by atoms with Gasteiger partial charge in [-0.2, -0.15) is 0 Å². The number of rotatable bonds is 6. The molecule has 1 heterocycles. The van der Waals surface area contributed by atoms with Gasteiger partial charge in [0.25, 0.3) is 5.91 Å².